The average molecular weight is 746 g/mol. The Balaban J connectivity index is 0.000000695. The number of fused-ring (bicyclic) bond motifs is 2. The third kappa shape index (κ3) is 8.44. The summed E-state index contributed by atoms with van der Waals surface area (Å²) in [5.74, 6) is 0.0315. The average Bonchev–Trinajstić information content (AvgIpc) is 3.30. The van der Waals surface area contributed by atoms with E-state index >= 15 is 0 Å². The van der Waals surface area contributed by atoms with Gasteiger partial charge in [0.1, 0.15) is 11.9 Å². The SMILES string of the molecule is C=C/C=C\C(C)=N.Cc1ccc(NC(=O)c2ccc3c(c2)N(Cc2ccccc2)C(=O)[C@H](C)N=C3c2ccccc2)cc1N1Cc2cnc(N)nc2N(C)C1=O. The van der Waals surface area contributed by atoms with Crippen molar-refractivity contribution in [3.63, 3.8) is 0 Å². The number of nitrogen functional groups attached to an aromatic ring is 1. The minimum atomic E-state index is -0.637. The monoisotopic (exact) mass is 745 g/mol. The summed E-state index contributed by atoms with van der Waals surface area (Å²) in [6, 6.07) is 29.4. The molecule has 5 aromatic rings. The smallest absolute Gasteiger partial charge is 0.330 e. The number of benzene rings is 4. The fourth-order valence-electron chi connectivity index (χ4n) is 6.42. The van der Waals surface area contributed by atoms with Gasteiger partial charge in [-0.1, -0.05) is 85.5 Å². The molecule has 1 atom stereocenters. The summed E-state index contributed by atoms with van der Waals surface area (Å²) < 4.78 is 0. The van der Waals surface area contributed by atoms with Crippen LogP contribution in [-0.2, 0) is 17.9 Å². The molecule has 1 aromatic heterocycles. The number of benzodiazepines with no additional fused rings is 1. The van der Waals surface area contributed by atoms with Crippen molar-refractivity contribution < 1.29 is 14.4 Å². The predicted octanol–water partition coefficient (Wildman–Crippen LogP) is 7.74. The number of aliphatic imine (C=N–C) groups is 1. The largest absolute Gasteiger partial charge is 0.368 e. The van der Waals surface area contributed by atoms with Crippen LogP contribution < -0.4 is 25.8 Å². The number of nitrogens with zero attached hydrogens (tertiary/aromatic N) is 6. The van der Waals surface area contributed by atoms with Gasteiger partial charge in [0.05, 0.1) is 30.2 Å². The number of aromatic nitrogens is 2. The van der Waals surface area contributed by atoms with E-state index in [0.29, 0.717) is 46.4 Å². The van der Waals surface area contributed by atoms with Crippen molar-refractivity contribution in [2.75, 3.05) is 32.8 Å². The summed E-state index contributed by atoms with van der Waals surface area (Å²) in [6.07, 6.45) is 6.70. The van der Waals surface area contributed by atoms with Gasteiger partial charge in [0.15, 0.2) is 0 Å². The topological polar surface area (TPSA) is 161 Å². The Labute approximate surface area is 326 Å². The number of hydrogen-bond donors (Lipinski definition) is 3. The Morgan fingerprint density at radius 2 is 1.71 bits per heavy atom. The molecule has 12 nitrogen and oxygen atoms in total. The third-order valence-corrected chi connectivity index (χ3v) is 9.25. The fraction of sp³-hybridized carbons (Fsp3) is 0.159. The molecule has 56 heavy (non-hydrogen) atoms. The Kier molecular flexibility index (Phi) is 11.6. The highest BCUT2D eigenvalue weighted by molar-refractivity contribution is 6.21. The number of amides is 4. The van der Waals surface area contributed by atoms with Crippen LogP contribution in [0.1, 0.15) is 52.0 Å². The Morgan fingerprint density at radius 3 is 2.39 bits per heavy atom. The van der Waals surface area contributed by atoms with Crippen LogP contribution in [0.3, 0.4) is 0 Å². The zero-order valence-corrected chi connectivity index (χ0v) is 31.7. The molecule has 0 fully saturated rings. The molecule has 0 radical (unpaired) electrons. The van der Waals surface area contributed by atoms with E-state index < -0.39 is 6.04 Å². The van der Waals surface area contributed by atoms with Crippen molar-refractivity contribution in [3.8, 4) is 0 Å². The van der Waals surface area contributed by atoms with Gasteiger partial charge in [-0.05, 0) is 68.3 Å². The first-order chi connectivity index (χ1) is 26.9. The normalized spacial score (nSPS) is 14.9. The second-order valence-electron chi connectivity index (χ2n) is 13.4. The van der Waals surface area contributed by atoms with Gasteiger partial charge in [-0.3, -0.25) is 24.4 Å². The summed E-state index contributed by atoms with van der Waals surface area (Å²) in [6.45, 7) is 9.44. The fourth-order valence-corrected chi connectivity index (χ4v) is 6.42. The summed E-state index contributed by atoms with van der Waals surface area (Å²) >= 11 is 0. The molecule has 2 aliphatic heterocycles. The standard InChI is InChI=1S/C38H34N8O3.C6H9N/c1-23-14-16-29(19-31(23)46-22-28-20-40-37(39)43-34(28)44(3)38(46)49)42-35(47)27-15-17-30-32(18-27)45(21-25-10-6-4-7-11-25)36(48)24(2)41-33(30)26-12-8-5-9-13-26;1-3-4-5-6(2)7/h4-20,24H,21-22H2,1-3H3,(H,42,47)(H2,39,40,43);3-5,7H,1H2,2H3/b;5-4-,7-6?/t24-;/m0./s1. The van der Waals surface area contributed by atoms with Gasteiger partial charge in [0, 0.05) is 46.9 Å². The molecule has 0 saturated heterocycles. The van der Waals surface area contributed by atoms with Crippen molar-refractivity contribution in [3.05, 3.63) is 161 Å². The number of nitrogens with two attached hydrogens (primary N) is 1. The Morgan fingerprint density at radius 1 is 1.00 bits per heavy atom. The van der Waals surface area contributed by atoms with Crippen LogP contribution in [0.5, 0.6) is 0 Å². The number of aryl methyl sites for hydroxylation is 1. The van der Waals surface area contributed by atoms with Crippen LogP contribution in [0.25, 0.3) is 0 Å². The highest BCUT2D eigenvalue weighted by Gasteiger charge is 2.33. The van der Waals surface area contributed by atoms with Crippen molar-refractivity contribution >= 4 is 58.1 Å². The van der Waals surface area contributed by atoms with Crippen LogP contribution in [0, 0.1) is 12.3 Å². The van der Waals surface area contributed by atoms with E-state index in [1.165, 1.54) is 4.90 Å². The van der Waals surface area contributed by atoms with E-state index in [-0.39, 0.29) is 30.3 Å². The van der Waals surface area contributed by atoms with Crippen LogP contribution >= 0.6 is 0 Å². The first-order valence-corrected chi connectivity index (χ1v) is 18.0. The molecular formula is C44H43N9O3. The summed E-state index contributed by atoms with van der Waals surface area (Å²) in [5, 5.41) is 9.87. The van der Waals surface area contributed by atoms with Crippen molar-refractivity contribution in [1.82, 2.24) is 9.97 Å². The molecule has 7 rings (SSSR count). The molecule has 0 spiro atoms. The second kappa shape index (κ2) is 16.9. The van der Waals surface area contributed by atoms with E-state index in [0.717, 1.165) is 27.8 Å². The molecule has 12 heteroatoms. The maximum Gasteiger partial charge on any atom is 0.330 e. The molecule has 0 bridgehead atoms. The van der Waals surface area contributed by atoms with Crippen molar-refractivity contribution in [2.24, 2.45) is 4.99 Å². The molecule has 4 N–H and O–H groups in total. The maximum absolute atomic E-state index is 13.9. The van der Waals surface area contributed by atoms with Gasteiger partial charge in [-0.25, -0.2) is 9.78 Å². The summed E-state index contributed by atoms with van der Waals surface area (Å²) in [7, 11) is 1.64. The number of hydrogen-bond acceptors (Lipinski definition) is 8. The minimum absolute atomic E-state index is 0.0937. The summed E-state index contributed by atoms with van der Waals surface area (Å²) in [5.41, 5.74) is 13.3. The second-order valence-corrected chi connectivity index (χ2v) is 13.4. The van der Waals surface area contributed by atoms with Gasteiger partial charge in [-0.15, -0.1) is 0 Å². The Hall–Kier alpha value is -7.21. The number of carbonyl (C=O) groups is 3. The number of carbonyl (C=O) groups excluding carboxylic acids is 3. The van der Waals surface area contributed by atoms with Gasteiger partial charge in [-0.2, -0.15) is 4.98 Å². The van der Waals surface area contributed by atoms with Gasteiger partial charge in [0.2, 0.25) is 5.95 Å². The molecule has 4 amide bonds. The lowest BCUT2D eigenvalue weighted by Crippen LogP contribution is -2.46. The molecule has 0 saturated carbocycles. The van der Waals surface area contributed by atoms with Gasteiger partial charge < -0.3 is 21.4 Å². The molecule has 0 unspecified atom stereocenters. The van der Waals surface area contributed by atoms with E-state index in [1.807, 2.05) is 79.7 Å². The molecule has 3 heterocycles. The maximum atomic E-state index is 13.9. The van der Waals surface area contributed by atoms with E-state index in [4.69, 9.17) is 16.1 Å². The van der Waals surface area contributed by atoms with E-state index in [1.54, 1.807) is 79.4 Å². The zero-order valence-electron chi connectivity index (χ0n) is 31.7. The van der Waals surface area contributed by atoms with Crippen LogP contribution in [-0.4, -0.2) is 52.3 Å². The molecule has 282 valence electrons. The Bertz CT molecular complexity index is 2370. The highest BCUT2D eigenvalue weighted by atomic mass is 16.2. The number of allylic oxidation sites excluding steroid dienone is 3. The van der Waals surface area contributed by atoms with Gasteiger partial charge >= 0.3 is 6.03 Å². The lowest BCUT2D eigenvalue weighted by molar-refractivity contribution is -0.119. The first kappa shape index (κ1) is 38.5. The van der Waals surface area contributed by atoms with Gasteiger partial charge in [0.25, 0.3) is 11.8 Å². The molecule has 4 aromatic carbocycles. The number of nitrogens with one attached hydrogen (secondary N) is 2. The molecule has 2 aliphatic rings. The van der Waals surface area contributed by atoms with Crippen molar-refractivity contribution in [1.29, 1.82) is 5.41 Å². The predicted molar refractivity (Wildman–Crippen MR) is 224 cm³/mol. The number of rotatable bonds is 8. The zero-order chi connectivity index (χ0) is 39.9. The van der Waals surface area contributed by atoms with Crippen LogP contribution in [0.15, 0.2) is 133 Å². The van der Waals surface area contributed by atoms with E-state index in [9.17, 15) is 14.4 Å². The lowest BCUT2D eigenvalue weighted by atomic mass is 9.98. The third-order valence-electron chi connectivity index (χ3n) is 9.25. The lowest BCUT2D eigenvalue weighted by Gasteiger charge is -2.34. The van der Waals surface area contributed by atoms with Crippen molar-refractivity contribution in [2.45, 2.75) is 39.9 Å². The van der Waals surface area contributed by atoms with E-state index in [2.05, 4.69) is 21.9 Å². The minimum Gasteiger partial charge on any atom is -0.368 e. The number of urea groups is 1. The molecule has 0 aliphatic carbocycles. The number of anilines is 5. The van der Waals surface area contributed by atoms with Crippen LogP contribution in [0.2, 0.25) is 0 Å². The first-order valence-electron chi connectivity index (χ1n) is 18.0. The summed E-state index contributed by atoms with van der Waals surface area (Å²) in [4.78, 5) is 59.2. The van der Waals surface area contributed by atoms with Crippen LogP contribution in [0.4, 0.5) is 33.6 Å². The highest BCUT2D eigenvalue weighted by Crippen LogP contribution is 2.34. The quantitative estimate of drug-likeness (QED) is 0.109. The molecular weight excluding hydrogens is 703 g/mol.